The van der Waals surface area contributed by atoms with Gasteiger partial charge in [0.2, 0.25) is 11.7 Å². The first kappa shape index (κ1) is 20.1. The van der Waals surface area contributed by atoms with E-state index in [0.29, 0.717) is 34.3 Å². The number of hydrogen-bond acceptors (Lipinski definition) is 6. The summed E-state index contributed by atoms with van der Waals surface area (Å²) in [5, 5.41) is 6.77. The average Bonchev–Trinajstić information content (AvgIpc) is 3.43. The molecule has 0 atom stereocenters. The molecule has 1 amide bonds. The van der Waals surface area contributed by atoms with Crippen molar-refractivity contribution >= 4 is 11.6 Å². The molecule has 0 saturated carbocycles. The number of carbonyl (C=O) groups is 1. The number of halogens is 1. The summed E-state index contributed by atoms with van der Waals surface area (Å²) in [7, 11) is 3.08. The molecule has 9 heteroatoms. The van der Waals surface area contributed by atoms with Crippen molar-refractivity contribution in [2.45, 2.75) is 6.54 Å². The first-order valence-corrected chi connectivity index (χ1v) is 9.34. The fourth-order valence-corrected chi connectivity index (χ4v) is 3.02. The summed E-state index contributed by atoms with van der Waals surface area (Å²) in [6.45, 7) is 0.0239. The van der Waals surface area contributed by atoms with E-state index in [9.17, 15) is 9.18 Å². The van der Waals surface area contributed by atoms with E-state index in [1.165, 1.54) is 26.4 Å². The van der Waals surface area contributed by atoms with E-state index in [1.54, 1.807) is 53.2 Å². The van der Waals surface area contributed by atoms with E-state index < -0.39 is 0 Å². The van der Waals surface area contributed by atoms with Gasteiger partial charge in [-0.25, -0.2) is 4.39 Å². The zero-order valence-corrected chi connectivity index (χ0v) is 16.8. The van der Waals surface area contributed by atoms with Gasteiger partial charge in [0.05, 0.1) is 14.2 Å². The van der Waals surface area contributed by atoms with E-state index in [4.69, 9.17) is 14.0 Å². The zero-order chi connectivity index (χ0) is 21.8. The number of ether oxygens (including phenoxy) is 2. The molecule has 0 radical (unpaired) electrons. The number of hydrogen-bond donors (Lipinski definition) is 1. The van der Waals surface area contributed by atoms with Crippen LogP contribution in [0.1, 0.15) is 0 Å². The summed E-state index contributed by atoms with van der Waals surface area (Å²) in [4.78, 5) is 17.0. The predicted octanol–water partition coefficient (Wildman–Crippen LogP) is 4.00. The fourth-order valence-electron chi connectivity index (χ4n) is 3.02. The third kappa shape index (κ3) is 4.55. The van der Waals surface area contributed by atoms with Crippen LogP contribution in [0.15, 0.2) is 65.3 Å². The number of anilines is 1. The van der Waals surface area contributed by atoms with Crippen molar-refractivity contribution in [1.82, 2.24) is 14.7 Å². The van der Waals surface area contributed by atoms with Gasteiger partial charge in [0.15, 0.2) is 0 Å². The highest BCUT2D eigenvalue weighted by atomic mass is 19.1. The van der Waals surface area contributed by atoms with Gasteiger partial charge < -0.3 is 23.9 Å². The quantitative estimate of drug-likeness (QED) is 0.484. The molecule has 2 aromatic carbocycles. The molecule has 0 aliphatic carbocycles. The summed E-state index contributed by atoms with van der Waals surface area (Å²) in [6, 6.07) is 14.4. The Balaban J connectivity index is 1.50. The van der Waals surface area contributed by atoms with Crippen LogP contribution in [0, 0.1) is 5.82 Å². The maximum atomic E-state index is 13.1. The van der Waals surface area contributed by atoms with Crippen LogP contribution in [0.4, 0.5) is 10.1 Å². The standard InChI is InChI=1S/C22H19FN4O4/c1-29-17-10-16(11-18(12-17)30-2)24-20(28)13-27-9-3-4-19(27)22-25-21(26-31-22)14-5-7-15(23)8-6-14/h3-12H,13H2,1-2H3,(H,24,28). The zero-order valence-electron chi connectivity index (χ0n) is 16.8. The van der Waals surface area contributed by atoms with Crippen molar-refractivity contribution in [2.24, 2.45) is 0 Å². The number of methoxy groups -OCH3 is 2. The molecule has 0 spiro atoms. The lowest BCUT2D eigenvalue weighted by Crippen LogP contribution is -2.18. The molecule has 0 fully saturated rings. The van der Waals surface area contributed by atoms with Crippen molar-refractivity contribution in [3.63, 3.8) is 0 Å². The molecule has 8 nitrogen and oxygen atoms in total. The number of nitrogens with zero attached hydrogens (tertiary/aromatic N) is 3. The summed E-state index contributed by atoms with van der Waals surface area (Å²) < 4.78 is 30.6. The van der Waals surface area contributed by atoms with E-state index in [2.05, 4.69) is 15.5 Å². The van der Waals surface area contributed by atoms with Crippen LogP contribution in [0.2, 0.25) is 0 Å². The Morgan fingerprint density at radius 2 is 1.81 bits per heavy atom. The molecule has 0 unspecified atom stereocenters. The molecule has 0 aliphatic rings. The van der Waals surface area contributed by atoms with Gasteiger partial charge in [-0.3, -0.25) is 4.79 Å². The number of benzene rings is 2. The smallest absolute Gasteiger partial charge is 0.274 e. The summed E-state index contributed by atoms with van der Waals surface area (Å²) in [5.41, 5.74) is 1.75. The molecular weight excluding hydrogens is 403 g/mol. The summed E-state index contributed by atoms with van der Waals surface area (Å²) in [5.74, 6) is 1.11. The van der Waals surface area contributed by atoms with Gasteiger partial charge in [0, 0.05) is 35.6 Å². The number of amides is 1. The molecule has 0 bridgehead atoms. The lowest BCUT2D eigenvalue weighted by molar-refractivity contribution is -0.116. The minimum atomic E-state index is -0.346. The first-order valence-electron chi connectivity index (χ1n) is 9.34. The minimum absolute atomic E-state index is 0.0239. The normalized spacial score (nSPS) is 10.7. The lowest BCUT2D eigenvalue weighted by atomic mass is 10.2. The van der Waals surface area contributed by atoms with Crippen LogP contribution in [-0.2, 0) is 11.3 Å². The van der Waals surface area contributed by atoms with Gasteiger partial charge in [-0.2, -0.15) is 4.98 Å². The molecule has 2 aromatic heterocycles. The summed E-state index contributed by atoms with van der Waals surface area (Å²) in [6.07, 6.45) is 1.74. The molecule has 4 aromatic rings. The van der Waals surface area contributed by atoms with Gasteiger partial charge in [0.1, 0.15) is 29.6 Å². The summed E-state index contributed by atoms with van der Waals surface area (Å²) >= 11 is 0. The second kappa shape index (κ2) is 8.70. The topological polar surface area (TPSA) is 91.4 Å². The molecule has 4 rings (SSSR count). The monoisotopic (exact) mass is 422 g/mol. The molecule has 158 valence electrons. The molecule has 2 heterocycles. The second-order valence-corrected chi connectivity index (χ2v) is 6.60. The van der Waals surface area contributed by atoms with Gasteiger partial charge in [-0.15, -0.1) is 0 Å². The van der Waals surface area contributed by atoms with E-state index >= 15 is 0 Å². The fraction of sp³-hybridized carbons (Fsp3) is 0.136. The maximum Gasteiger partial charge on any atom is 0.274 e. The van der Waals surface area contributed by atoms with Crippen LogP contribution in [-0.4, -0.2) is 34.8 Å². The molecule has 31 heavy (non-hydrogen) atoms. The Morgan fingerprint density at radius 3 is 2.48 bits per heavy atom. The predicted molar refractivity (Wildman–Crippen MR) is 111 cm³/mol. The Morgan fingerprint density at radius 1 is 1.10 bits per heavy atom. The van der Waals surface area contributed by atoms with Crippen molar-refractivity contribution in [1.29, 1.82) is 0 Å². The first-order chi connectivity index (χ1) is 15.1. The number of aromatic nitrogens is 3. The minimum Gasteiger partial charge on any atom is -0.497 e. The third-order valence-corrected chi connectivity index (χ3v) is 4.53. The van der Waals surface area contributed by atoms with Crippen molar-refractivity contribution in [2.75, 3.05) is 19.5 Å². The maximum absolute atomic E-state index is 13.1. The third-order valence-electron chi connectivity index (χ3n) is 4.53. The largest absolute Gasteiger partial charge is 0.497 e. The van der Waals surface area contributed by atoms with Gasteiger partial charge in [0.25, 0.3) is 5.89 Å². The highest BCUT2D eigenvalue weighted by Gasteiger charge is 2.16. The van der Waals surface area contributed by atoms with Crippen LogP contribution in [0.3, 0.4) is 0 Å². The Bertz CT molecular complexity index is 1180. The average molecular weight is 422 g/mol. The Kier molecular flexibility index (Phi) is 5.65. The van der Waals surface area contributed by atoms with Crippen LogP contribution in [0.25, 0.3) is 23.0 Å². The van der Waals surface area contributed by atoms with Crippen LogP contribution in [0.5, 0.6) is 11.5 Å². The van der Waals surface area contributed by atoms with E-state index in [1.807, 2.05) is 0 Å². The van der Waals surface area contributed by atoms with E-state index in [-0.39, 0.29) is 24.2 Å². The molecule has 0 saturated heterocycles. The Hall–Kier alpha value is -4.14. The van der Waals surface area contributed by atoms with Crippen molar-refractivity contribution in [3.05, 3.63) is 66.6 Å². The molecule has 1 N–H and O–H groups in total. The molecule has 0 aliphatic heterocycles. The number of nitrogens with one attached hydrogen (secondary N) is 1. The highest BCUT2D eigenvalue weighted by molar-refractivity contribution is 5.91. The van der Waals surface area contributed by atoms with Crippen LogP contribution < -0.4 is 14.8 Å². The number of rotatable bonds is 7. The van der Waals surface area contributed by atoms with Crippen molar-refractivity contribution in [3.8, 4) is 34.5 Å². The SMILES string of the molecule is COc1cc(NC(=O)Cn2cccc2-c2nc(-c3ccc(F)cc3)no2)cc(OC)c1. The number of carbonyl (C=O) groups excluding carboxylic acids is 1. The Labute approximate surface area is 177 Å². The highest BCUT2D eigenvalue weighted by Crippen LogP contribution is 2.26. The van der Waals surface area contributed by atoms with Gasteiger partial charge in [-0.05, 0) is 36.4 Å². The second-order valence-electron chi connectivity index (χ2n) is 6.60. The van der Waals surface area contributed by atoms with Crippen LogP contribution >= 0.6 is 0 Å². The lowest BCUT2D eigenvalue weighted by Gasteiger charge is -2.11. The van der Waals surface area contributed by atoms with Crippen molar-refractivity contribution < 1.29 is 23.2 Å². The van der Waals surface area contributed by atoms with E-state index in [0.717, 1.165) is 0 Å². The van der Waals surface area contributed by atoms with Gasteiger partial charge >= 0.3 is 0 Å². The van der Waals surface area contributed by atoms with Gasteiger partial charge in [-0.1, -0.05) is 5.16 Å². The molecular formula is C22H19FN4O4.